The lowest BCUT2D eigenvalue weighted by molar-refractivity contribution is 0.0747. The molecule has 1 saturated heterocycles. The van der Waals surface area contributed by atoms with E-state index in [-0.39, 0.29) is 10.9 Å². The van der Waals surface area contributed by atoms with Crippen molar-refractivity contribution in [3.63, 3.8) is 0 Å². The van der Waals surface area contributed by atoms with Crippen LogP contribution in [0.3, 0.4) is 0 Å². The molecule has 1 amide bonds. The fourth-order valence-corrected chi connectivity index (χ4v) is 3.06. The van der Waals surface area contributed by atoms with Crippen molar-refractivity contribution in [2.24, 2.45) is 0 Å². The predicted molar refractivity (Wildman–Crippen MR) is 93.7 cm³/mol. The normalized spacial score (nSPS) is 14.9. The van der Waals surface area contributed by atoms with Gasteiger partial charge in [-0.05, 0) is 42.5 Å². The zero-order valence-electron chi connectivity index (χ0n) is 12.3. The molecule has 0 unspecified atom stereocenters. The lowest BCUT2D eigenvalue weighted by atomic mass is 10.1. The predicted octanol–water partition coefficient (Wildman–Crippen LogP) is 4.20. The van der Waals surface area contributed by atoms with E-state index in [0.717, 1.165) is 10.2 Å². The molecule has 1 aliphatic heterocycles. The summed E-state index contributed by atoms with van der Waals surface area (Å²) in [7, 11) is 0. The molecule has 0 saturated carbocycles. The van der Waals surface area contributed by atoms with Crippen molar-refractivity contribution in [3.8, 4) is 0 Å². The molecule has 120 valence electrons. The molecule has 1 fully saturated rings. The van der Waals surface area contributed by atoms with E-state index in [1.165, 1.54) is 6.07 Å². The minimum atomic E-state index is -0.417. The molecule has 3 rings (SSSR count). The number of benzene rings is 2. The summed E-state index contributed by atoms with van der Waals surface area (Å²) >= 11 is 9.20. The molecule has 1 heterocycles. The van der Waals surface area contributed by atoms with Gasteiger partial charge in [-0.1, -0.05) is 27.5 Å². The van der Waals surface area contributed by atoms with Crippen molar-refractivity contribution >= 4 is 39.1 Å². The van der Waals surface area contributed by atoms with Gasteiger partial charge >= 0.3 is 0 Å². The second kappa shape index (κ2) is 6.89. The third-order valence-electron chi connectivity index (χ3n) is 3.93. The average Bonchev–Trinajstić information content (AvgIpc) is 2.57. The summed E-state index contributed by atoms with van der Waals surface area (Å²) in [5, 5.41) is 0.121. The summed E-state index contributed by atoms with van der Waals surface area (Å²) in [4.78, 5) is 16.4. The van der Waals surface area contributed by atoms with E-state index < -0.39 is 5.82 Å². The lowest BCUT2D eigenvalue weighted by Gasteiger charge is -2.36. The molecule has 0 atom stereocenters. The molecular formula is C17H15BrClFN2O. The van der Waals surface area contributed by atoms with Gasteiger partial charge in [0.15, 0.2) is 0 Å². The SMILES string of the molecule is O=C(c1ccc(Br)cc1)N1CCN(c2ccc(F)c(Cl)c2)CC1. The Labute approximate surface area is 147 Å². The van der Waals surface area contributed by atoms with Crippen molar-refractivity contribution in [2.45, 2.75) is 0 Å². The molecule has 0 aliphatic carbocycles. The zero-order chi connectivity index (χ0) is 16.4. The van der Waals surface area contributed by atoms with Gasteiger partial charge in [0.05, 0.1) is 5.02 Å². The highest BCUT2D eigenvalue weighted by Gasteiger charge is 2.22. The molecule has 6 heteroatoms. The first-order valence-corrected chi connectivity index (χ1v) is 8.46. The molecule has 0 aromatic heterocycles. The van der Waals surface area contributed by atoms with E-state index >= 15 is 0 Å². The summed E-state index contributed by atoms with van der Waals surface area (Å²) in [6.07, 6.45) is 0. The largest absolute Gasteiger partial charge is 0.368 e. The summed E-state index contributed by atoms with van der Waals surface area (Å²) in [5.41, 5.74) is 1.57. The highest BCUT2D eigenvalue weighted by atomic mass is 79.9. The number of carbonyl (C=O) groups excluding carboxylic acids is 1. The first-order chi connectivity index (χ1) is 11.0. The topological polar surface area (TPSA) is 23.6 Å². The summed E-state index contributed by atoms with van der Waals surface area (Å²) in [5.74, 6) is -0.381. The third-order valence-corrected chi connectivity index (χ3v) is 4.74. The maximum atomic E-state index is 13.2. The second-order valence-corrected chi connectivity index (χ2v) is 6.71. The average molecular weight is 398 g/mol. The van der Waals surface area contributed by atoms with Crippen LogP contribution >= 0.6 is 27.5 Å². The Bertz CT molecular complexity index is 715. The molecule has 2 aromatic rings. The smallest absolute Gasteiger partial charge is 0.253 e. The molecule has 2 aromatic carbocycles. The summed E-state index contributed by atoms with van der Waals surface area (Å²) < 4.78 is 14.2. The van der Waals surface area contributed by atoms with Gasteiger partial charge in [-0.2, -0.15) is 0 Å². The van der Waals surface area contributed by atoms with Crippen LogP contribution in [-0.4, -0.2) is 37.0 Å². The first-order valence-electron chi connectivity index (χ1n) is 7.29. The Kier molecular flexibility index (Phi) is 4.87. The number of amides is 1. The van der Waals surface area contributed by atoms with Gasteiger partial charge in [-0.15, -0.1) is 0 Å². The standard InChI is InChI=1S/C17H15BrClFN2O/c18-13-3-1-12(2-4-13)17(23)22-9-7-21(8-10-22)14-5-6-16(20)15(19)11-14/h1-6,11H,7-10H2. The second-order valence-electron chi connectivity index (χ2n) is 5.38. The van der Waals surface area contributed by atoms with Crippen molar-refractivity contribution < 1.29 is 9.18 Å². The Morgan fingerprint density at radius 3 is 2.30 bits per heavy atom. The van der Waals surface area contributed by atoms with Gasteiger partial charge in [0.2, 0.25) is 0 Å². The van der Waals surface area contributed by atoms with Crippen LogP contribution in [0.15, 0.2) is 46.9 Å². The monoisotopic (exact) mass is 396 g/mol. The van der Waals surface area contributed by atoms with Crippen LogP contribution in [0.4, 0.5) is 10.1 Å². The first kappa shape index (κ1) is 16.3. The van der Waals surface area contributed by atoms with Crippen molar-refractivity contribution in [1.29, 1.82) is 0 Å². The zero-order valence-corrected chi connectivity index (χ0v) is 14.6. The fourth-order valence-electron chi connectivity index (χ4n) is 2.62. The van der Waals surface area contributed by atoms with E-state index in [2.05, 4.69) is 20.8 Å². The Morgan fingerprint density at radius 1 is 1.04 bits per heavy atom. The number of hydrogen-bond acceptors (Lipinski definition) is 2. The summed E-state index contributed by atoms with van der Waals surface area (Å²) in [6, 6.07) is 12.1. The van der Waals surface area contributed by atoms with Crippen molar-refractivity contribution in [2.75, 3.05) is 31.1 Å². The minimum Gasteiger partial charge on any atom is -0.368 e. The lowest BCUT2D eigenvalue weighted by Crippen LogP contribution is -2.48. The van der Waals surface area contributed by atoms with E-state index in [4.69, 9.17) is 11.6 Å². The maximum Gasteiger partial charge on any atom is 0.253 e. The van der Waals surface area contributed by atoms with E-state index in [0.29, 0.717) is 31.7 Å². The van der Waals surface area contributed by atoms with Crippen LogP contribution in [0.2, 0.25) is 5.02 Å². The number of anilines is 1. The van der Waals surface area contributed by atoms with Gasteiger partial charge in [0.25, 0.3) is 5.91 Å². The number of halogens is 3. The van der Waals surface area contributed by atoms with Gasteiger partial charge in [0.1, 0.15) is 5.82 Å². The Morgan fingerprint density at radius 2 is 1.70 bits per heavy atom. The van der Waals surface area contributed by atoms with E-state index in [9.17, 15) is 9.18 Å². The molecule has 0 radical (unpaired) electrons. The molecule has 0 N–H and O–H groups in total. The number of carbonyl (C=O) groups is 1. The van der Waals surface area contributed by atoms with Crippen LogP contribution < -0.4 is 4.90 Å². The molecule has 3 nitrogen and oxygen atoms in total. The summed E-state index contributed by atoms with van der Waals surface area (Å²) in [6.45, 7) is 2.66. The highest BCUT2D eigenvalue weighted by Crippen LogP contribution is 2.24. The van der Waals surface area contributed by atoms with Crippen LogP contribution in [-0.2, 0) is 0 Å². The third kappa shape index (κ3) is 3.67. The minimum absolute atomic E-state index is 0.0364. The fraction of sp³-hybridized carbons (Fsp3) is 0.235. The molecule has 0 spiro atoms. The van der Waals surface area contributed by atoms with Gasteiger partial charge in [-0.25, -0.2) is 4.39 Å². The number of rotatable bonds is 2. The molecule has 23 heavy (non-hydrogen) atoms. The van der Waals surface area contributed by atoms with Gasteiger partial charge in [0, 0.05) is 41.9 Å². The van der Waals surface area contributed by atoms with Gasteiger partial charge in [-0.3, -0.25) is 4.79 Å². The van der Waals surface area contributed by atoms with Crippen LogP contribution in [0, 0.1) is 5.82 Å². The number of piperazine rings is 1. The van der Waals surface area contributed by atoms with Crippen molar-refractivity contribution in [1.82, 2.24) is 4.90 Å². The highest BCUT2D eigenvalue weighted by molar-refractivity contribution is 9.10. The van der Waals surface area contributed by atoms with E-state index in [1.807, 2.05) is 29.2 Å². The molecule has 0 bridgehead atoms. The van der Waals surface area contributed by atoms with Crippen molar-refractivity contribution in [3.05, 3.63) is 63.3 Å². The Hall–Kier alpha value is -1.59. The maximum absolute atomic E-state index is 13.2. The van der Waals surface area contributed by atoms with Gasteiger partial charge < -0.3 is 9.80 Å². The number of hydrogen-bond donors (Lipinski definition) is 0. The van der Waals surface area contributed by atoms with Crippen LogP contribution in [0.25, 0.3) is 0 Å². The van der Waals surface area contributed by atoms with E-state index in [1.54, 1.807) is 12.1 Å². The van der Waals surface area contributed by atoms with Crippen LogP contribution in [0.1, 0.15) is 10.4 Å². The van der Waals surface area contributed by atoms with Crippen LogP contribution in [0.5, 0.6) is 0 Å². The molecule has 1 aliphatic rings. The Balaban J connectivity index is 1.64. The number of nitrogens with zero attached hydrogens (tertiary/aromatic N) is 2. The quantitative estimate of drug-likeness (QED) is 0.758. The molecular weight excluding hydrogens is 383 g/mol.